The Labute approximate surface area is 167 Å². The second kappa shape index (κ2) is 9.06. The third-order valence-corrected chi connectivity index (χ3v) is 4.80. The number of halogens is 3. The number of rotatable bonds is 7. The average molecular weight is 415 g/mol. The minimum absolute atomic E-state index is 0.0106. The number of nitrogens with zero attached hydrogens (tertiary/aromatic N) is 5. The molecule has 2 heterocycles. The summed E-state index contributed by atoms with van der Waals surface area (Å²) < 4.78 is 47.9. The van der Waals surface area contributed by atoms with E-state index in [2.05, 4.69) is 10.00 Å². The van der Waals surface area contributed by atoms with Gasteiger partial charge in [0.15, 0.2) is 0 Å². The fraction of sp³-hybridized carbons (Fsp3) is 0.556. The highest BCUT2D eigenvalue weighted by atomic mass is 32.1. The highest BCUT2D eigenvalue weighted by molar-refractivity contribution is 7.71. The molecule has 3 rings (SSSR count). The Morgan fingerprint density at radius 2 is 1.86 bits per heavy atom. The van der Waals surface area contributed by atoms with E-state index < -0.39 is 12.7 Å². The Balaban J connectivity index is 1.97. The maximum Gasteiger partial charge on any atom is 0.401 e. The maximum atomic E-state index is 12.9. The molecule has 1 aromatic heterocycles. The fourth-order valence-corrected chi connectivity index (χ4v) is 3.50. The van der Waals surface area contributed by atoms with Crippen LogP contribution in [0.3, 0.4) is 0 Å². The molecule has 0 saturated carbocycles. The molecule has 1 aliphatic rings. The van der Waals surface area contributed by atoms with E-state index in [1.54, 1.807) is 0 Å². The molecule has 0 amide bonds. The smallest absolute Gasteiger partial charge is 0.378 e. The maximum absolute atomic E-state index is 12.9. The molecule has 10 heteroatoms. The Hall–Kier alpha value is -1.91. The molecule has 0 atom stereocenters. The van der Waals surface area contributed by atoms with Crippen LogP contribution in [0, 0.1) is 4.77 Å². The van der Waals surface area contributed by atoms with Crippen LogP contribution in [0.5, 0.6) is 0 Å². The number of morpholine rings is 1. The summed E-state index contributed by atoms with van der Waals surface area (Å²) in [5.41, 5.74) is 0.832. The third-order valence-electron chi connectivity index (χ3n) is 4.41. The molecule has 0 unspecified atom stereocenters. The zero-order valence-corrected chi connectivity index (χ0v) is 16.5. The van der Waals surface area contributed by atoms with E-state index in [9.17, 15) is 13.2 Å². The summed E-state index contributed by atoms with van der Waals surface area (Å²) >= 11 is 5.61. The van der Waals surface area contributed by atoms with Crippen LogP contribution in [0.15, 0.2) is 30.3 Å². The summed E-state index contributed by atoms with van der Waals surface area (Å²) in [6.45, 7) is 3.61. The quantitative estimate of drug-likeness (QED) is 0.648. The minimum Gasteiger partial charge on any atom is -0.378 e. The van der Waals surface area contributed by atoms with Gasteiger partial charge < -0.3 is 9.64 Å². The first kappa shape index (κ1) is 20.8. The van der Waals surface area contributed by atoms with Gasteiger partial charge in [0.1, 0.15) is 0 Å². The van der Waals surface area contributed by atoms with Crippen LogP contribution in [0.25, 0.3) is 5.69 Å². The summed E-state index contributed by atoms with van der Waals surface area (Å²) in [4.78, 5) is 3.37. The lowest BCUT2D eigenvalue weighted by atomic mass is 10.3. The summed E-state index contributed by atoms with van der Waals surface area (Å²) in [5, 5.41) is 4.60. The van der Waals surface area contributed by atoms with Gasteiger partial charge in [0, 0.05) is 13.1 Å². The molecule has 1 aromatic carbocycles. The largest absolute Gasteiger partial charge is 0.401 e. The van der Waals surface area contributed by atoms with Gasteiger partial charge in [0.25, 0.3) is 0 Å². The molecular weight excluding hydrogens is 391 g/mol. The molecule has 1 saturated heterocycles. The van der Waals surface area contributed by atoms with Crippen LogP contribution in [0.4, 0.5) is 19.1 Å². The number of anilines is 1. The van der Waals surface area contributed by atoms with E-state index >= 15 is 0 Å². The van der Waals surface area contributed by atoms with Gasteiger partial charge in [-0.25, -0.2) is 4.68 Å². The monoisotopic (exact) mass is 415 g/mol. The summed E-state index contributed by atoms with van der Waals surface area (Å²) in [5.74, 6) is 0.628. The second-order valence-electron chi connectivity index (χ2n) is 6.66. The van der Waals surface area contributed by atoms with Gasteiger partial charge in [-0.15, -0.1) is 5.10 Å². The Morgan fingerprint density at radius 1 is 1.18 bits per heavy atom. The number of aromatic nitrogens is 3. The molecule has 0 bridgehead atoms. The van der Waals surface area contributed by atoms with Crippen LogP contribution >= 0.6 is 12.2 Å². The van der Waals surface area contributed by atoms with E-state index in [1.807, 2.05) is 41.8 Å². The third kappa shape index (κ3) is 5.12. The molecule has 0 aliphatic carbocycles. The van der Waals surface area contributed by atoms with Crippen LogP contribution in [0.1, 0.15) is 13.3 Å². The molecule has 154 valence electrons. The SMILES string of the molecule is CCCN(Cn1nc(N2CCOCC2)n(-c2ccccc2)c1=S)CC(F)(F)F. The zero-order valence-electron chi connectivity index (χ0n) is 15.7. The first-order chi connectivity index (χ1) is 13.4. The van der Waals surface area contributed by atoms with Crippen molar-refractivity contribution in [2.45, 2.75) is 26.2 Å². The van der Waals surface area contributed by atoms with Crippen LogP contribution in [-0.2, 0) is 11.4 Å². The summed E-state index contributed by atoms with van der Waals surface area (Å²) in [6.07, 6.45) is -3.66. The number of hydrogen-bond donors (Lipinski definition) is 0. The van der Waals surface area contributed by atoms with Gasteiger partial charge in [0.2, 0.25) is 10.7 Å². The second-order valence-corrected chi connectivity index (χ2v) is 7.03. The molecule has 1 fully saturated rings. The molecule has 28 heavy (non-hydrogen) atoms. The van der Waals surface area contributed by atoms with E-state index in [1.165, 1.54) is 9.58 Å². The topological polar surface area (TPSA) is 38.5 Å². The lowest BCUT2D eigenvalue weighted by Crippen LogP contribution is -2.38. The van der Waals surface area contributed by atoms with Crippen molar-refractivity contribution in [3.63, 3.8) is 0 Å². The fourth-order valence-electron chi connectivity index (χ4n) is 3.22. The molecular formula is C18H24F3N5OS. The van der Waals surface area contributed by atoms with E-state index in [0.29, 0.717) is 50.0 Å². The number of hydrogen-bond acceptors (Lipinski definition) is 5. The van der Waals surface area contributed by atoms with Crippen molar-refractivity contribution in [3.8, 4) is 5.69 Å². The van der Waals surface area contributed by atoms with Crippen molar-refractivity contribution in [3.05, 3.63) is 35.1 Å². The predicted octanol–water partition coefficient (Wildman–Crippen LogP) is 3.47. The van der Waals surface area contributed by atoms with E-state index in [4.69, 9.17) is 17.0 Å². The van der Waals surface area contributed by atoms with Crippen molar-refractivity contribution in [2.75, 3.05) is 44.3 Å². The first-order valence-corrected chi connectivity index (χ1v) is 9.67. The van der Waals surface area contributed by atoms with Gasteiger partial charge in [0.05, 0.1) is 32.1 Å². The Bertz CT molecular complexity index is 815. The number of ether oxygens (including phenoxy) is 1. The Kier molecular flexibility index (Phi) is 6.73. The van der Waals surface area contributed by atoms with Crippen molar-refractivity contribution >= 4 is 18.2 Å². The average Bonchev–Trinajstić information content (AvgIpc) is 2.98. The lowest BCUT2D eigenvalue weighted by molar-refractivity contribution is -0.149. The molecule has 0 radical (unpaired) electrons. The number of alkyl halides is 3. The summed E-state index contributed by atoms with van der Waals surface area (Å²) in [7, 11) is 0. The number of para-hydroxylation sites is 1. The van der Waals surface area contributed by atoms with E-state index in [0.717, 1.165) is 5.69 Å². The highest BCUT2D eigenvalue weighted by Gasteiger charge is 2.31. The van der Waals surface area contributed by atoms with Crippen molar-refractivity contribution in [1.29, 1.82) is 0 Å². The highest BCUT2D eigenvalue weighted by Crippen LogP contribution is 2.22. The van der Waals surface area contributed by atoms with Crippen LogP contribution in [-0.4, -0.2) is 64.8 Å². The van der Waals surface area contributed by atoms with Crippen LogP contribution < -0.4 is 4.90 Å². The molecule has 0 N–H and O–H groups in total. The Morgan fingerprint density at radius 3 is 2.46 bits per heavy atom. The van der Waals surface area contributed by atoms with Gasteiger partial charge in [-0.05, 0) is 37.3 Å². The van der Waals surface area contributed by atoms with Crippen molar-refractivity contribution in [2.24, 2.45) is 0 Å². The van der Waals surface area contributed by atoms with Gasteiger partial charge >= 0.3 is 6.18 Å². The molecule has 0 spiro atoms. The van der Waals surface area contributed by atoms with Gasteiger partial charge in [-0.1, -0.05) is 25.1 Å². The van der Waals surface area contributed by atoms with E-state index in [-0.39, 0.29) is 6.67 Å². The van der Waals surface area contributed by atoms with Crippen molar-refractivity contribution < 1.29 is 17.9 Å². The predicted molar refractivity (Wildman–Crippen MR) is 103 cm³/mol. The molecule has 6 nitrogen and oxygen atoms in total. The zero-order chi connectivity index (χ0) is 20.1. The van der Waals surface area contributed by atoms with Gasteiger partial charge in [-0.2, -0.15) is 13.2 Å². The number of benzene rings is 1. The first-order valence-electron chi connectivity index (χ1n) is 9.26. The van der Waals surface area contributed by atoms with Crippen molar-refractivity contribution in [1.82, 2.24) is 19.2 Å². The van der Waals surface area contributed by atoms with Crippen LogP contribution in [0.2, 0.25) is 0 Å². The van der Waals surface area contributed by atoms with Gasteiger partial charge in [-0.3, -0.25) is 9.47 Å². The summed E-state index contributed by atoms with van der Waals surface area (Å²) in [6, 6.07) is 9.50. The molecule has 2 aromatic rings. The normalized spacial score (nSPS) is 15.4. The minimum atomic E-state index is -4.27. The lowest BCUT2D eigenvalue weighted by Gasteiger charge is -2.27. The molecule has 1 aliphatic heterocycles. The standard InChI is InChI=1S/C18H24F3N5OS/c1-2-8-23(13-18(19,20)21)14-25-17(28)26(15-6-4-3-5-7-15)16(22-25)24-9-11-27-12-10-24/h3-7H,2,8-14H2,1H3.